The Morgan fingerprint density at radius 2 is 2.00 bits per heavy atom. The number of hydrogen-bond acceptors (Lipinski definition) is 1. The fourth-order valence-corrected chi connectivity index (χ4v) is 1.79. The molecule has 1 aromatic carbocycles. The second kappa shape index (κ2) is 3.23. The predicted molar refractivity (Wildman–Crippen MR) is 51.0 cm³/mol. The van der Waals surface area contributed by atoms with Crippen LogP contribution in [-0.2, 0) is 5.92 Å². The summed E-state index contributed by atoms with van der Waals surface area (Å²) in [5.74, 6) is -3.66. The molecular formula is C11H12F3N. The van der Waals surface area contributed by atoms with Gasteiger partial charge in [0.1, 0.15) is 5.82 Å². The topological polar surface area (TPSA) is 26.0 Å². The normalized spacial score (nSPS) is 18.9. The average molecular weight is 215 g/mol. The van der Waals surface area contributed by atoms with E-state index in [9.17, 15) is 13.2 Å². The molecule has 82 valence electrons. The van der Waals surface area contributed by atoms with Gasteiger partial charge in [-0.05, 0) is 25.0 Å². The van der Waals surface area contributed by atoms with Gasteiger partial charge in [0, 0.05) is 12.1 Å². The van der Waals surface area contributed by atoms with Crippen molar-refractivity contribution in [1.82, 2.24) is 0 Å². The summed E-state index contributed by atoms with van der Waals surface area (Å²) in [6, 6.07) is 4.58. The first-order valence-corrected chi connectivity index (χ1v) is 4.86. The van der Waals surface area contributed by atoms with E-state index in [1.807, 2.05) is 0 Å². The quantitative estimate of drug-likeness (QED) is 0.824. The van der Waals surface area contributed by atoms with Crippen LogP contribution in [0.4, 0.5) is 13.2 Å². The van der Waals surface area contributed by atoms with E-state index < -0.39 is 17.2 Å². The summed E-state index contributed by atoms with van der Waals surface area (Å²) in [6.45, 7) is -0.0590. The summed E-state index contributed by atoms with van der Waals surface area (Å²) >= 11 is 0. The number of benzene rings is 1. The Kier molecular flexibility index (Phi) is 2.26. The van der Waals surface area contributed by atoms with Crippen molar-refractivity contribution in [3.05, 3.63) is 35.6 Å². The molecule has 1 nitrogen and oxygen atoms in total. The van der Waals surface area contributed by atoms with E-state index in [-0.39, 0.29) is 12.1 Å². The largest absolute Gasteiger partial charge is 0.330 e. The van der Waals surface area contributed by atoms with Crippen LogP contribution >= 0.6 is 0 Å². The lowest BCUT2D eigenvalue weighted by molar-refractivity contribution is -0.0764. The van der Waals surface area contributed by atoms with Crippen molar-refractivity contribution >= 4 is 0 Å². The van der Waals surface area contributed by atoms with Crippen molar-refractivity contribution in [2.24, 2.45) is 11.1 Å². The summed E-state index contributed by atoms with van der Waals surface area (Å²) in [7, 11) is 0. The summed E-state index contributed by atoms with van der Waals surface area (Å²) < 4.78 is 40.7. The van der Waals surface area contributed by atoms with Crippen molar-refractivity contribution in [3.8, 4) is 0 Å². The lowest BCUT2D eigenvalue weighted by Crippen LogP contribution is -2.33. The molecule has 1 aromatic rings. The molecule has 0 saturated heterocycles. The highest BCUT2D eigenvalue weighted by Crippen LogP contribution is 2.60. The van der Waals surface area contributed by atoms with E-state index >= 15 is 0 Å². The lowest BCUT2D eigenvalue weighted by atomic mass is 9.91. The highest BCUT2D eigenvalue weighted by atomic mass is 19.3. The van der Waals surface area contributed by atoms with Crippen LogP contribution in [0.1, 0.15) is 18.4 Å². The standard InChI is InChI=1S/C11H12F3N/c12-9-3-1-2-8(6-9)11(13,14)10(7-15)4-5-10/h1-3,6H,4-5,7,15H2. The molecule has 4 heteroatoms. The highest BCUT2D eigenvalue weighted by molar-refractivity contribution is 5.26. The minimum atomic E-state index is -3.02. The Morgan fingerprint density at radius 1 is 1.33 bits per heavy atom. The monoisotopic (exact) mass is 215 g/mol. The number of alkyl halides is 2. The third kappa shape index (κ3) is 1.53. The van der Waals surface area contributed by atoms with Gasteiger partial charge in [-0.15, -0.1) is 0 Å². The summed E-state index contributed by atoms with van der Waals surface area (Å²) in [6.07, 6.45) is 0.819. The number of rotatable bonds is 3. The molecule has 0 aromatic heterocycles. The molecule has 0 heterocycles. The zero-order valence-electron chi connectivity index (χ0n) is 8.14. The summed E-state index contributed by atoms with van der Waals surface area (Å²) in [5.41, 5.74) is 3.95. The molecule has 0 atom stereocenters. The first-order chi connectivity index (χ1) is 7.02. The fraction of sp³-hybridized carbons (Fsp3) is 0.455. The lowest BCUT2D eigenvalue weighted by Gasteiger charge is -2.25. The third-order valence-electron chi connectivity index (χ3n) is 3.10. The van der Waals surface area contributed by atoms with Gasteiger partial charge in [0.2, 0.25) is 0 Å². The SMILES string of the molecule is NCC1(C(F)(F)c2cccc(F)c2)CC1. The Bertz CT molecular complexity index is 372. The molecule has 1 fully saturated rings. The Hall–Kier alpha value is -1.03. The predicted octanol–water partition coefficient (Wildman–Crippen LogP) is 2.66. The molecule has 1 aliphatic carbocycles. The van der Waals surface area contributed by atoms with Gasteiger partial charge >= 0.3 is 0 Å². The second-order valence-corrected chi connectivity index (χ2v) is 4.07. The molecular weight excluding hydrogens is 203 g/mol. The molecule has 2 rings (SSSR count). The maximum absolute atomic E-state index is 13.9. The first-order valence-electron chi connectivity index (χ1n) is 4.86. The van der Waals surface area contributed by atoms with Gasteiger partial charge < -0.3 is 5.73 Å². The summed E-state index contributed by atoms with van der Waals surface area (Å²) in [5, 5.41) is 0. The van der Waals surface area contributed by atoms with E-state index in [1.54, 1.807) is 0 Å². The van der Waals surface area contributed by atoms with Crippen LogP contribution in [0.15, 0.2) is 24.3 Å². The molecule has 2 N–H and O–H groups in total. The Balaban J connectivity index is 2.37. The zero-order chi connectivity index (χ0) is 11.1. The molecule has 0 aliphatic heterocycles. The molecule has 0 bridgehead atoms. The van der Waals surface area contributed by atoms with Crippen LogP contribution in [0.25, 0.3) is 0 Å². The molecule has 1 saturated carbocycles. The molecule has 0 unspecified atom stereocenters. The summed E-state index contributed by atoms with van der Waals surface area (Å²) in [4.78, 5) is 0. The van der Waals surface area contributed by atoms with E-state index in [1.165, 1.54) is 12.1 Å². The van der Waals surface area contributed by atoms with Crippen LogP contribution in [0.2, 0.25) is 0 Å². The Labute approximate surface area is 86.1 Å². The smallest absolute Gasteiger partial charge is 0.280 e. The van der Waals surface area contributed by atoms with Crippen LogP contribution in [0.3, 0.4) is 0 Å². The van der Waals surface area contributed by atoms with Gasteiger partial charge in [-0.2, -0.15) is 0 Å². The fourth-order valence-electron chi connectivity index (χ4n) is 1.79. The van der Waals surface area contributed by atoms with E-state index in [0.717, 1.165) is 12.1 Å². The number of halogens is 3. The maximum Gasteiger partial charge on any atom is 0.280 e. The van der Waals surface area contributed by atoms with Gasteiger partial charge in [-0.1, -0.05) is 12.1 Å². The molecule has 1 aliphatic rings. The maximum atomic E-state index is 13.9. The van der Waals surface area contributed by atoms with Gasteiger partial charge in [-0.3, -0.25) is 0 Å². The molecule has 0 spiro atoms. The Morgan fingerprint density at radius 3 is 2.47 bits per heavy atom. The van der Waals surface area contributed by atoms with E-state index in [4.69, 9.17) is 5.73 Å². The average Bonchev–Trinajstić information content (AvgIpc) is 2.98. The van der Waals surface area contributed by atoms with Crippen molar-refractivity contribution in [1.29, 1.82) is 0 Å². The van der Waals surface area contributed by atoms with Gasteiger partial charge in [0.05, 0.1) is 5.41 Å². The molecule has 15 heavy (non-hydrogen) atoms. The number of hydrogen-bond donors (Lipinski definition) is 1. The minimum absolute atomic E-state index is 0.0590. The van der Waals surface area contributed by atoms with E-state index in [2.05, 4.69) is 0 Å². The van der Waals surface area contributed by atoms with Crippen molar-refractivity contribution in [3.63, 3.8) is 0 Å². The number of nitrogens with two attached hydrogens (primary N) is 1. The van der Waals surface area contributed by atoms with Crippen LogP contribution in [0, 0.1) is 11.2 Å². The molecule has 0 amide bonds. The van der Waals surface area contributed by atoms with Crippen molar-refractivity contribution in [2.75, 3.05) is 6.54 Å². The third-order valence-corrected chi connectivity index (χ3v) is 3.10. The first kappa shape index (κ1) is 10.5. The van der Waals surface area contributed by atoms with Gasteiger partial charge in [0.25, 0.3) is 5.92 Å². The van der Waals surface area contributed by atoms with E-state index in [0.29, 0.717) is 12.8 Å². The van der Waals surface area contributed by atoms with Crippen molar-refractivity contribution < 1.29 is 13.2 Å². The van der Waals surface area contributed by atoms with Crippen LogP contribution in [0.5, 0.6) is 0 Å². The zero-order valence-corrected chi connectivity index (χ0v) is 8.14. The highest BCUT2D eigenvalue weighted by Gasteiger charge is 2.61. The van der Waals surface area contributed by atoms with Crippen LogP contribution < -0.4 is 5.73 Å². The second-order valence-electron chi connectivity index (χ2n) is 4.07. The van der Waals surface area contributed by atoms with Gasteiger partial charge in [-0.25, -0.2) is 13.2 Å². The van der Waals surface area contributed by atoms with Crippen LogP contribution in [-0.4, -0.2) is 6.54 Å². The molecule has 0 radical (unpaired) electrons. The van der Waals surface area contributed by atoms with Crippen molar-refractivity contribution in [2.45, 2.75) is 18.8 Å². The van der Waals surface area contributed by atoms with Gasteiger partial charge in [0.15, 0.2) is 0 Å². The minimum Gasteiger partial charge on any atom is -0.330 e.